The number of carbonyl (C=O) groups is 2. The molecular formula is C72H82Cl2N4O10S2. The van der Waals surface area contributed by atoms with Crippen molar-refractivity contribution in [3.05, 3.63) is 188 Å². The second-order valence-electron chi connectivity index (χ2n) is 27.2. The Bertz CT molecular complexity index is 3610. The van der Waals surface area contributed by atoms with Crippen molar-refractivity contribution in [3.63, 3.8) is 0 Å². The average Bonchev–Trinajstić information content (AvgIpc) is 1.49. The maximum Gasteiger partial charge on any atom is 0.264 e. The summed E-state index contributed by atoms with van der Waals surface area (Å²) in [6, 6.07) is 42.0. The molecule has 14 nitrogen and oxygen atoms in total. The number of anilines is 2. The molecule has 0 aromatic heterocycles. The van der Waals surface area contributed by atoms with Crippen LogP contribution < -0.4 is 28.7 Å². The Labute approximate surface area is 540 Å². The summed E-state index contributed by atoms with van der Waals surface area (Å²) in [6.45, 7) is 3.88. The van der Waals surface area contributed by atoms with E-state index in [0.717, 1.165) is 110 Å². The van der Waals surface area contributed by atoms with E-state index in [2.05, 4.69) is 43.5 Å². The van der Waals surface area contributed by atoms with Gasteiger partial charge in [-0.05, 0) is 219 Å². The predicted molar refractivity (Wildman–Crippen MR) is 353 cm³/mol. The quantitative estimate of drug-likeness (QED) is 0.128. The van der Waals surface area contributed by atoms with E-state index >= 15 is 0 Å². The van der Waals surface area contributed by atoms with Gasteiger partial charge in [-0.3, -0.25) is 9.59 Å². The largest absolute Gasteiger partial charge is 0.490 e. The average molecular weight is 1300 g/mol. The Morgan fingerprint density at radius 3 is 1.31 bits per heavy atom. The highest BCUT2D eigenvalue weighted by molar-refractivity contribution is 7.90. The molecule has 6 aromatic carbocycles. The molecule has 4 aliphatic heterocycles. The number of halogens is 2. The normalized spacial score (nSPS) is 29.7. The molecule has 8 aliphatic rings. The van der Waals surface area contributed by atoms with Crippen molar-refractivity contribution in [1.29, 1.82) is 0 Å². The fraction of sp³-hybridized carbons (Fsp3) is 0.472. The van der Waals surface area contributed by atoms with Gasteiger partial charge in [-0.1, -0.05) is 109 Å². The molecule has 14 rings (SSSR count). The Kier molecular flexibility index (Phi) is 18.2. The number of fused-ring (bicyclic) bond motifs is 8. The molecule has 90 heavy (non-hydrogen) atoms. The Morgan fingerprint density at radius 2 is 0.911 bits per heavy atom. The molecule has 2 amide bonds. The molecule has 4 aliphatic carbocycles. The third kappa shape index (κ3) is 13.4. The number of hydrogen-bond donors (Lipinski definition) is 4. The molecule has 0 radical (unpaired) electrons. The Balaban J connectivity index is 0.000000165. The fourth-order valence-electron chi connectivity index (χ4n) is 16.5. The molecule has 476 valence electrons. The number of nitrogens with one attached hydrogen (secondary N) is 2. The van der Waals surface area contributed by atoms with Crippen molar-refractivity contribution < 1.29 is 46.1 Å². The van der Waals surface area contributed by atoms with Crippen LogP contribution in [0.25, 0.3) is 0 Å². The van der Waals surface area contributed by atoms with E-state index in [9.17, 15) is 36.6 Å². The molecule has 2 saturated carbocycles. The monoisotopic (exact) mass is 1300 g/mol. The standard InChI is InChI=1S/2C36H41ClN2O5S/c2*37-29-13-15-31-25(18-29)9-5-17-36(31)22-39-20-27-11-14-30(27)33(40)10-4-8-28(24-6-2-1-3-7-24)21-45(42,43)38-35(41)26-12-16-34(44-23-36)32(39)19-26/h2*1-3,6-7,12-13,15-16,18-19,27-28,30,33,40H,4-5,8-11,14,17,20-23H2,(H,38,41)/t27-,28+,30+,33-,36-;27-,28-,30+,33-,36-/m00/s1. The summed E-state index contributed by atoms with van der Waals surface area (Å²) in [5, 5.41) is 24.3. The van der Waals surface area contributed by atoms with Gasteiger partial charge in [-0.2, -0.15) is 0 Å². The lowest BCUT2D eigenvalue weighted by atomic mass is 9.68. The predicted octanol–water partition coefficient (Wildman–Crippen LogP) is 12.5. The second kappa shape index (κ2) is 26.1. The zero-order valence-electron chi connectivity index (χ0n) is 50.9. The highest BCUT2D eigenvalue weighted by Gasteiger charge is 2.47. The first-order valence-corrected chi connectivity index (χ1v) is 36.6. The van der Waals surface area contributed by atoms with Gasteiger partial charge < -0.3 is 29.5 Å². The van der Waals surface area contributed by atoms with Gasteiger partial charge in [-0.15, -0.1) is 0 Å². The lowest BCUT2D eigenvalue weighted by Crippen LogP contribution is -2.49. The Morgan fingerprint density at radius 1 is 0.489 bits per heavy atom. The lowest BCUT2D eigenvalue weighted by Gasteiger charge is -2.46. The molecule has 4 bridgehead atoms. The van der Waals surface area contributed by atoms with Gasteiger partial charge in [-0.25, -0.2) is 26.3 Å². The maximum atomic E-state index is 13.5. The van der Waals surface area contributed by atoms with Crippen LogP contribution in [0.5, 0.6) is 11.5 Å². The van der Waals surface area contributed by atoms with Crippen molar-refractivity contribution in [1.82, 2.24) is 9.44 Å². The molecule has 4 N–H and O–H groups in total. The van der Waals surface area contributed by atoms with E-state index in [1.807, 2.05) is 72.8 Å². The van der Waals surface area contributed by atoms with Crippen LogP contribution in [0.2, 0.25) is 10.0 Å². The van der Waals surface area contributed by atoms with Crippen LogP contribution >= 0.6 is 23.2 Å². The van der Waals surface area contributed by atoms with E-state index in [0.29, 0.717) is 88.2 Å². The van der Waals surface area contributed by atoms with Gasteiger partial charge >= 0.3 is 0 Å². The summed E-state index contributed by atoms with van der Waals surface area (Å²) in [4.78, 5) is 31.7. The van der Waals surface area contributed by atoms with Crippen LogP contribution in [0.1, 0.15) is 156 Å². The van der Waals surface area contributed by atoms with Crippen LogP contribution in [0.15, 0.2) is 133 Å². The van der Waals surface area contributed by atoms with E-state index in [-0.39, 0.29) is 57.1 Å². The molecular weight excluding hydrogens is 1220 g/mol. The zero-order valence-corrected chi connectivity index (χ0v) is 54.1. The highest BCUT2D eigenvalue weighted by atomic mass is 35.5. The summed E-state index contributed by atoms with van der Waals surface area (Å²) >= 11 is 12.8. The fourth-order valence-corrected chi connectivity index (χ4v) is 19.6. The van der Waals surface area contributed by atoms with Gasteiger partial charge in [0.05, 0.1) is 48.3 Å². The third-order valence-corrected chi connectivity index (χ3v) is 24.6. The molecule has 6 aromatic rings. The first-order chi connectivity index (χ1) is 43.4. The molecule has 2 fully saturated rings. The van der Waals surface area contributed by atoms with Crippen LogP contribution in [0.3, 0.4) is 0 Å². The smallest absolute Gasteiger partial charge is 0.264 e. The topological polar surface area (TPSA) is 192 Å². The van der Waals surface area contributed by atoms with Gasteiger partial charge in [0.15, 0.2) is 0 Å². The van der Waals surface area contributed by atoms with Gasteiger partial charge in [0.25, 0.3) is 11.8 Å². The van der Waals surface area contributed by atoms with Crippen LogP contribution in [-0.4, -0.2) is 102 Å². The summed E-state index contributed by atoms with van der Waals surface area (Å²) in [5.41, 5.74) is 8.54. The number of nitrogens with zero attached hydrogens (tertiary/aromatic N) is 2. The van der Waals surface area contributed by atoms with E-state index < -0.39 is 44.1 Å². The van der Waals surface area contributed by atoms with Crippen LogP contribution in [-0.2, 0) is 43.7 Å². The zero-order chi connectivity index (χ0) is 62.4. The number of sulfonamides is 2. The van der Waals surface area contributed by atoms with Crippen molar-refractivity contribution in [3.8, 4) is 11.5 Å². The van der Waals surface area contributed by atoms with Gasteiger partial charge in [0, 0.05) is 58.2 Å². The molecule has 18 heteroatoms. The van der Waals surface area contributed by atoms with E-state index in [4.69, 9.17) is 32.7 Å². The number of aliphatic hydroxyl groups excluding tert-OH is 2. The summed E-state index contributed by atoms with van der Waals surface area (Å²) in [7, 11) is -7.89. The number of rotatable bonds is 2. The number of aliphatic hydroxyl groups is 2. The minimum absolute atomic E-state index is 0.185. The first kappa shape index (κ1) is 62.7. The minimum Gasteiger partial charge on any atom is -0.490 e. The number of hydrogen-bond acceptors (Lipinski definition) is 12. The number of ether oxygens (including phenoxy) is 2. The van der Waals surface area contributed by atoms with E-state index in [1.165, 1.54) is 22.3 Å². The highest BCUT2D eigenvalue weighted by Crippen LogP contribution is 2.50. The summed E-state index contributed by atoms with van der Waals surface area (Å²) in [6.07, 6.45) is 13.0. The molecule has 0 unspecified atom stereocenters. The van der Waals surface area contributed by atoms with Crippen LogP contribution in [0.4, 0.5) is 11.4 Å². The minimum atomic E-state index is -3.95. The third-order valence-electron chi connectivity index (χ3n) is 21.4. The summed E-state index contributed by atoms with van der Waals surface area (Å²) < 4.78 is 71.4. The van der Waals surface area contributed by atoms with Gasteiger partial charge in [0.1, 0.15) is 11.5 Å². The van der Waals surface area contributed by atoms with Crippen molar-refractivity contribution in [2.75, 3.05) is 60.7 Å². The molecule has 4 heterocycles. The van der Waals surface area contributed by atoms with E-state index in [1.54, 1.807) is 36.4 Å². The lowest BCUT2D eigenvalue weighted by molar-refractivity contribution is 0.00873. The maximum absolute atomic E-state index is 13.5. The SMILES string of the molecule is O=C1NS(=O)(=O)C[C@@H](c2ccccc2)CCC[C@H](O)[C@@H]2CC[C@H]2CN2C[C@@]3(CCCc4cc(Cl)ccc43)COc3ccc1cc32.O=C1NS(=O)(=O)C[C@H](c2ccccc2)CCC[C@H](O)[C@@H]2CC[C@H]2CN2C[C@@]3(CCCc4cc(Cl)ccc43)COc3ccc1cc32. The van der Waals surface area contributed by atoms with Crippen molar-refractivity contribution >= 4 is 66.4 Å². The van der Waals surface area contributed by atoms with Crippen molar-refractivity contribution in [2.24, 2.45) is 23.7 Å². The molecule has 0 saturated heterocycles. The first-order valence-electron chi connectivity index (χ1n) is 32.6. The summed E-state index contributed by atoms with van der Waals surface area (Å²) in [5.74, 6) is 0.142. The van der Waals surface area contributed by atoms with Gasteiger partial charge in [0.2, 0.25) is 20.0 Å². The number of aryl methyl sites for hydroxylation is 2. The number of amides is 2. The Hall–Kier alpha value is -6.14. The number of benzene rings is 6. The van der Waals surface area contributed by atoms with Crippen LogP contribution in [0, 0.1) is 23.7 Å². The molecule has 10 atom stereocenters. The number of carbonyl (C=O) groups excluding carboxylic acids is 2. The van der Waals surface area contributed by atoms with Crippen molar-refractivity contribution in [2.45, 2.75) is 138 Å². The molecule has 2 spiro atoms. The second-order valence-corrected chi connectivity index (χ2v) is 31.6.